The van der Waals surface area contributed by atoms with Crippen LogP contribution in [0.2, 0.25) is 0 Å². The monoisotopic (exact) mass is 256 g/mol. The first-order chi connectivity index (χ1) is 8.43. The number of carbonyl (C=O) groups excluding carboxylic acids is 1. The first-order valence-corrected chi connectivity index (χ1v) is 5.50. The third-order valence-corrected chi connectivity index (χ3v) is 2.70. The van der Waals surface area contributed by atoms with Crippen LogP contribution in [0.3, 0.4) is 0 Å². The molecule has 0 spiro atoms. The predicted octanol–water partition coefficient (Wildman–Crippen LogP) is 3.37. The Morgan fingerprint density at radius 2 is 2.00 bits per heavy atom. The van der Waals surface area contributed by atoms with Crippen molar-refractivity contribution >= 4 is 11.9 Å². The first-order valence-electron chi connectivity index (χ1n) is 5.50. The number of para-hydroxylation sites is 1. The fourth-order valence-electron chi connectivity index (χ4n) is 1.81. The number of carbonyl (C=O) groups is 1. The van der Waals surface area contributed by atoms with Gasteiger partial charge >= 0.3 is 6.18 Å². The van der Waals surface area contributed by atoms with E-state index in [1.807, 2.05) is 0 Å². The summed E-state index contributed by atoms with van der Waals surface area (Å²) in [5.41, 5.74) is 0.165. The van der Waals surface area contributed by atoms with Gasteiger partial charge in [-0.05, 0) is 12.1 Å². The summed E-state index contributed by atoms with van der Waals surface area (Å²) in [5, 5.41) is 0. The molecule has 1 heterocycles. The number of alkyl halides is 3. The quantitative estimate of drug-likeness (QED) is 0.810. The van der Waals surface area contributed by atoms with Crippen molar-refractivity contribution in [2.75, 3.05) is 0 Å². The number of ketones is 1. The fraction of sp³-hybridized carbons (Fsp3) is 0.308. The number of rotatable bonds is 2. The summed E-state index contributed by atoms with van der Waals surface area (Å²) in [6.45, 7) is 1.52. The topological polar surface area (TPSA) is 26.3 Å². The Kier molecular flexibility index (Phi) is 3.15. The molecule has 18 heavy (non-hydrogen) atoms. The number of Topliss-reactive ketones (excluding diaryl/α,β-unsaturated/α-hetero) is 1. The number of fused-ring (bicyclic) bond motifs is 1. The Bertz CT molecular complexity index is 503. The SMILES string of the molecule is CCC(=O)C1=Cc2ccccc2OC1C(F)(F)F. The molecule has 0 N–H and O–H groups in total. The van der Waals surface area contributed by atoms with E-state index in [-0.39, 0.29) is 17.7 Å². The minimum atomic E-state index is -4.59. The van der Waals surface area contributed by atoms with E-state index in [1.54, 1.807) is 18.2 Å². The highest BCUT2D eigenvalue weighted by Crippen LogP contribution is 2.37. The van der Waals surface area contributed by atoms with Crippen molar-refractivity contribution in [1.29, 1.82) is 0 Å². The van der Waals surface area contributed by atoms with Crippen LogP contribution in [0.25, 0.3) is 6.08 Å². The molecule has 1 atom stereocenters. The van der Waals surface area contributed by atoms with Gasteiger partial charge in [-0.1, -0.05) is 25.1 Å². The van der Waals surface area contributed by atoms with Gasteiger partial charge in [0.15, 0.2) is 5.78 Å². The van der Waals surface area contributed by atoms with E-state index < -0.39 is 18.1 Å². The normalized spacial score (nSPS) is 18.7. The van der Waals surface area contributed by atoms with Crippen molar-refractivity contribution < 1.29 is 22.7 Å². The molecule has 0 bridgehead atoms. The van der Waals surface area contributed by atoms with E-state index in [1.165, 1.54) is 19.1 Å². The maximum Gasteiger partial charge on any atom is 0.429 e. The van der Waals surface area contributed by atoms with E-state index in [2.05, 4.69) is 0 Å². The van der Waals surface area contributed by atoms with E-state index in [4.69, 9.17) is 4.74 Å². The van der Waals surface area contributed by atoms with Crippen LogP contribution in [-0.4, -0.2) is 18.1 Å². The molecule has 1 aromatic carbocycles. The van der Waals surface area contributed by atoms with E-state index in [0.717, 1.165) is 0 Å². The van der Waals surface area contributed by atoms with Crippen LogP contribution in [0.1, 0.15) is 18.9 Å². The second-order valence-corrected chi connectivity index (χ2v) is 3.95. The Morgan fingerprint density at radius 3 is 2.61 bits per heavy atom. The van der Waals surface area contributed by atoms with Gasteiger partial charge in [0.25, 0.3) is 0 Å². The van der Waals surface area contributed by atoms with E-state index >= 15 is 0 Å². The van der Waals surface area contributed by atoms with Gasteiger partial charge in [0.2, 0.25) is 6.10 Å². The summed E-state index contributed by atoms with van der Waals surface area (Å²) in [5.74, 6) is -0.403. The van der Waals surface area contributed by atoms with Gasteiger partial charge < -0.3 is 4.74 Å². The zero-order valence-electron chi connectivity index (χ0n) is 9.62. The molecule has 0 saturated carbocycles. The molecule has 5 heteroatoms. The van der Waals surface area contributed by atoms with Crippen molar-refractivity contribution in [3.63, 3.8) is 0 Å². The van der Waals surface area contributed by atoms with Crippen LogP contribution in [0.4, 0.5) is 13.2 Å². The second-order valence-electron chi connectivity index (χ2n) is 3.95. The average molecular weight is 256 g/mol. The van der Waals surface area contributed by atoms with Crippen molar-refractivity contribution in [2.45, 2.75) is 25.6 Å². The molecule has 0 fully saturated rings. The molecule has 96 valence electrons. The number of hydrogen-bond acceptors (Lipinski definition) is 2. The van der Waals surface area contributed by atoms with Gasteiger partial charge in [0.1, 0.15) is 5.75 Å². The zero-order valence-corrected chi connectivity index (χ0v) is 9.62. The summed E-state index contributed by atoms with van der Waals surface area (Å²) < 4.78 is 43.5. The smallest absolute Gasteiger partial charge is 0.429 e. The zero-order chi connectivity index (χ0) is 13.3. The van der Waals surface area contributed by atoms with Crippen molar-refractivity contribution in [2.24, 2.45) is 0 Å². The second kappa shape index (κ2) is 4.48. The third kappa shape index (κ3) is 2.25. The van der Waals surface area contributed by atoms with Crippen LogP contribution in [0, 0.1) is 0 Å². The molecule has 0 saturated heterocycles. The molecule has 2 nitrogen and oxygen atoms in total. The molecular formula is C13H11F3O2. The van der Waals surface area contributed by atoms with Crippen LogP contribution < -0.4 is 4.74 Å². The van der Waals surface area contributed by atoms with Gasteiger partial charge in [0, 0.05) is 17.6 Å². The van der Waals surface area contributed by atoms with Crippen LogP contribution >= 0.6 is 0 Å². The van der Waals surface area contributed by atoms with Crippen molar-refractivity contribution in [1.82, 2.24) is 0 Å². The molecule has 1 unspecified atom stereocenters. The average Bonchev–Trinajstić information content (AvgIpc) is 2.35. The Morgan fingerprint density at radius 1 is 1.33 bits per heavy atom. The molecule has 2 rings (SSSR count). The lowest BCUT2D eigenvalue weighted by Gasteiger charge is -2.28. The highest BCUT2D eigenvalue weighted by atomic mass is 19.4. The number of benzene rings is 1. The molecule has 0 aromatic heterocycles. The van der Waals surface area contributed by atoms with Crippen molar-refractivity contribution in [3.8, 4) is 5.75 Å². The Balaban J connectivity index is 2.49. The number of hydrogen-bond donors (Lipinski definition) is 0. The van der Waals surface area contributed by atoms with Gasteiger partial charge in [-0.15, -0.1) is 0 Å². The van der Waals surface area contributed by atoms with Gasteiger partial charge in [-0.2, -0.15) is 13.2 Å². The highest BCUT2D eigenvalue weighted by molar-refractivity contribution is 6.01. The molecule has 0 amide bonds. The third-order valence-electron chi connectivity index (χ3n) is 2.70. The summed E-state index contributed by atoms with van der Waals surface area (Å²) in [4.78, 5) is 11.6. The molecule has 1 aromatic rings. The lowest BCUT2D eigenvalue weighted by molar-refractivity contribution is -0.185. The molecule has 1 aliphatic heterocycles. The minimum absolute atomic E-state index is 0.0178. The summed E-state index contributed by atoms with van der Waals surface area (Å²) >= 11 is 0. The highest BCUT2D eigenvalue weighted by Gasteiger charge is 2.47. The lowest BCUT2D eigenvalue weighted by Crippen LogP contribution is -2.40. The van der Waals surface area contributed by atoms with E-state index in [9.17, 15) is 18.0 Å². The van der Waals surface area contributed by atoms with Crippen LogP contribution in [-0.2, 0) is 4.79 Å². The van der Waals surface area contributed by atoms with Crippen molar-refractivity contribution in [3.05, 3.63) is 35.4 Å². The largest absolute Gasteiger partial charge is 0.475 e. The van der Waals surface area contributed by atoms with Gasteiger partial charge in [-0.25, -0.2) is 0 Å². The van der Waals surface area contributed by atoms with E-state index in [0.29, 0.717) is 5.56 Å². The van der Waals surface area contributed by atoms with Crippen LogP contribution in [0.15, 0.2) is 29.8 Å². The minimum Gasteiger partial charge on any atom is -0.475 e. The lowest BCUT2D eigenvalue weighted by atomic mass is 9.96. The van der Waals surface area contributed by atoms with Crippen LogP contribution in [0.5, 0.6) is 5.75 Å². The molecule has 1 aliphatic rings. The standard InChI is InChI=1S/C13H11F3O2/c1-2-10(17)9-7-8-5-3-4-6-11(8)18-12(9)13(14,15)16/h3-7,12H,2H2,1H3. The molecular weight excluding hydrogens is 245 g/mol. The summed E-state index contributed by atoms with van der Waals surface area (Å²) in [6, 6.07) is 6.34. The molecule has 0 aliphatic carbocycles. The maximum absolute atomic E-state index is 12.9. The number of ether oxygens (including phenoxy) is 1. The fourth-order valence-corrected chi connectivity index (χ4v) is 1.81. The first kappa shape index (κ1) is 12.7. The number of halogens is 3. The Hall–Kier alpha value is -1.78. The summed E-state index contributed by atoms with van der Waals surface area (Å²) in [6.07, 6.45) is -5.48. The summed E-state index contributed by atoms with van der Waals surface area (Å²) in [7, 11) is 0. The van der Waals surface area contributed by atoms with Gasteiger partial charge in [0.05, 0.1) is 0 Å². The molecule has 0 radical (unpaired) electrons. The van der Waals surface area contributed by atoms with Gasteiger partial charge in [-0.3, -0.25) is 4.79 Å². The maximum atomic E-state index is 12.9. The Labute approximate surface area is 102 Å². The predicted molar refractivity (Wildman–Crippen MR) is 60.2 cm³/mol.